The van der Waals surface area contributed by atoms with Crippen LogP contribution in [0.2, 0.25) is 0 Å². The molecule has 102 valence electrons. The molecule has 7 heteroatoms. The topological polar surface area (TPSA) is 118 Å². The van der Waals surface area contributed by atoms with Crippen molar-refractivity contribution in [2.24, 2.45) is 5.41 Å². The summed E-state index contributed by atoms with van der Waals surface area (Å²) in [6.45, 7) is 3.74. The Morgan fingerprint density at radius 1 is 1.42 bits per heavy atom. The number of aromatic amines is 1. The van der Waals surface area contributed by atoms with Crippen molar-refractivity contribution in [3.63, 3.8) is 0 Å². The van der Waals surface area contributed by atoms with Crippen LogP contribution in [0.4, 0.5) is 5.82 Å². The fourth-order valence-corrected chi connectivity index (χ4v) is 2.18. The number of carbonyl (C=O) groups is 1. The number of nitrogen functional groups attached to an aromatic ring is 1. The molecule has 7 nitrogen and oxygen atoms in total. The molecule has 0 radical (unpaired) electrons. The van der Waals surface area contributed by atoms with Crippen LogP contribution in [-0.4, -0.2) is 31.0 Å². The van der Waals surface area contributed by atoms with Crippen molar-refractivity contribution in [3.8, 4) is 0 Å². The Balaban J connectivity index is 2.40. The Morgan fingerprint density at radius 3 is 2.63 bits per heavy atom. The molecule has 19 heavy (non-hydrogen) atoms. The van der Waals surface area contributed by atoms with E-state index in [1.165, 1.54) is 6.33 Å². The Morgan fingerprint density at radius 2 is 2.11 bits per heavy atom. The molecule has 2 aromatic heterocycles. The molecule has 0 unspecified atom stereocenters. The normalized spacial score (nSPS) is 11.9. The van der Waals surface area contributed by atoms with E-state index in [4.69, 9.17) is 5.73 Å². The first-order valence-corrected chi connectivity index (χ1v) is 6.21. The molecule has 0 bridgehead atoms. The lowest BCUT2D eigenvalue weighted by atomic mass is 9.79. The molecule has 2 aromatic rings. The highest BCUT2D eigenvalue weighted by Crippen LogP contribution is 2.31. The summed E-state index contributed by atoms with van der Waals surface area (Å²) in [6.07, 6.45) is 2.74. The Kier molecular flexibility index (Phi) is 3.37. The molecule has 0 aliphatic rings. The van der Waals surface area contributed by atoms with E-state index in [1.54, 1.807) is 0 Å². The van der Waals surface area contributed by atoms with Crippen LogP contribution in [-0.2, 0) is 11.2 Å². The molecular weight excluding hydrogens is 246 g/mol. The van der Waals surface area contributed by atoms with E-state index in [0.29, 0.717) is 42.1 Å². The van der Waals surface area contributed by atoms with Crippen molar-refractivity contribution in [1.29, 1.82) is 0 Å². The lowest BCUT2D eigenvalue weighted by Crippen LogP contribution is -2.32. The monoisotopic (exact) mass is 263 g/mol. The van der Waals surface area contributed by atoms with Crippen LogP contribution >= 0.6 is 0 Å². The van der Waals surface area contributed by atoms with Gasteiger partial charge in [0, 0.05) is 6.42 Å². The first kappa shape index (κ1) is 13.3. The smallest absolute Gasteiger partial charge is 0.310 e. The predicted octanol–water partition coefficient (Wildman–Crippen LogP) is 1.37. The zero-order valence-electron chi connectivity index (χ0n) is 11.0. The van der Waals surface area contributed by atoms with Crippen LogP contribution in [0, 0.1) is 5.41 Å². The maximum Gasteiger partial charge on any atom is 0.310 e. The molecule has 0 amide bonds. The highest BCUT2D eigenvalue weighted by molar-refractivity contribution is 5.81. The number of fused-ring (bicyclic) bond motifs is 1. The molecule has 0 aliphatic carbocycles. The second-order valence-corrected chi connectivity index (χ2v) is 4.61. The fraction of sp³-hybridized carbons (Fsp3) is 0.500. The van der Waals surface area contributed by atoms with Crippen LogP contribution in [0.1, 0.15) is 32.5 Å². The van der Waals surface area contributed by atoms with Crippen LogP contribution < -0.4 is 5.73 Å². The SMILES string of the molecule is CCC(CC)(Cc1nc2ncnc(N)c2[nH]1)C(=O)O. The van der Waals surface area contributed by atoms with Crippen LogP contribution in [0.25, 0.3) is 11.2 Å². The van der Waals surface area contributed by atoms with Gasteiger partial charge in [-0.3, -0.25) is 4.79 Å². The van der Waals surface area contributed by atoms with Crippen molar-refractivity contribution >= 4 is 23.0 Å². The summed E-state index contributed by atoms with van der Waals surface area (Å²) in [5.41, 5.74) is 5.94. The van der Waals surface area contributed by atoms with E-state index >= 15 is 0 Å². The Labute approximate surface area is 110 Å². The van der Waals surface area contributed by atoms with Gasteiger partial charge in [0.05, 0.1) is 5.41 Å². The van der Waals surface area contributed by atoms with Gasteiger partial charge in [-0.15, -0.1) is 0 Å². The second-order valence-electron chi connectivity index (χ2n) is 4.61. The zero-order valence-corrected chi connectivity index (χ0v) is 11.0. The van der Waals surface area contributed by atoms with Gasteiger partial charge in [0.25, 0.3) is 0 Å². The van der Waals surface area contributed by atoms with Crippen molar-refractivity contribution in [3.05, 3.63) is 12.2 Å². The molecule has 0 aliphatic heterocycles. The Bertz CT molecular complexity index is 603. The fourth-order valence-electron chi connectivity index (χ4n) is 2.18. The van der Waals surface area contributed by atoms with Gasteiger partial charge < -0.3 is 15.8 Å². The summed E-state index contributed by atoms with van der Waals surface area (Å²) in [5.74, 6) is 0.0861. The summed E-state index contributed by atoms with van der Waals surface area (Å²) >= 11 is 0. The molecule has 0 aromatic carbocycles. The number of carboxylic acid groups (broad SMARTS) is 1. The molecule has 0 fully saturated rings. The highest BCUT2D eigenvalue weighted by Gasteiger charge is 2.36. The minimum Gasteiger partial charge on any atom is -0.481 e. The number of nitrogens with zero attached hydrogens (tertiary/aromatic N) is 3. The minimum absolute atomic E-state index is 0.317. The number of anilines is 1. The van der Waals surface area contributed by atoms with Gasteiger partial charge in [-0.05, 0) is 12.8 Å². The largest absolute Gasteiger partial charge is 0.481 e. The van der Waals surface area contributed by atoms with Crippen LogP contribution in [0.5, 0.6) is 0 Å². The molecule has 0 saturated carbocycles. The summed E-state index contributed by atoms with van der Waals surface area (Å²) in [6, 6.07) is 0. The van der Waals surface area contributed by atoms with E-state index < -0.39 is 11.4 Å². The highest BCUT2D eigenvalue weighted by atomic mass is 16.4. The lowest BCUT2D eigenvalue weighted by Gasteiger charge is -2.25. The number of nitrogens with one attached hydrogen (secondary N) is 1. The van der Waals surface area contributed by atoms with E-state index in [9.17, 15) is 9.90 Å². The van der Waals surface area contributed by atoms with E-state index in [-0.39, 0.29) is 0 Å². The number of aliphatic carboxylic acids is 1. The minimum atomic E-state index is -0.809. The first-order valence-electron chi connectivity index (χ1n) is 6.21. The summed E-state index contributed by atoms with van der Waals surface area (Å²) in [4.78, 5) is 26.7. The molecule has 2 rings (SSSR count). The third-order valence-corrected chi connectivity index (χ3v) is 3.68. The summed E-state index contributed by atoms with van der Waals surface area (Å²) < 4.78 is 0. The Hall–Kier alpha value is -2.18. The maximum absolute atomic E-state index is 11.5. The van der Waals surface area contributed by atoms with Gasteiger partial charge in [-0.2, -0.15) is 0 Å². The third kappa shape index (κ3) is 2.23. The quantitative estimate of drug-likeness (QED) is 0.749. The number of imidazole rings is 1. The second kappa shape index (κ2) is 4.83. The first-order chi connectivity index (χ1) is 9.02. The molecular formula is C12H17N5O2. The average molecular weight is 263 g/mol. The van der Waals surface area contributed by atoms with Gasteiger partial charge in [-0.25, -0.2) is 15.0 Å². The number of hydrogen-bond acceptors (Lipinski definition) is 5. The predicted molar refractivity (Wildman–Crippen MR) is 70.5 cm³/mol. The molecule has 0 atom stereocenters. The average Bonchev–Trinajstić information content (AvgIpc) is 2.79. The molecule has 0 spiro atoms. The number of hydrogen-bond donors (Lipinski definition) is 3. The third-order valence-electron chi connectivity index (χ3n) is 3.68. The standard InChI is InChI=1S/C12H17N5O2/c1-3-12(4-2,11(18)19)5-7-16-8-9(13)14-6-15-10(8)17-7/h6H,3-5H2,1-2H3,(H,18,19)(H3,13,14,15,16,17). The maximum atomic E-state index is 11.5. The summed E-state index contributed by atoms with van der Waals surface area (Å²) in [5, 5.41) is 9.42. The van der Waals surface area contributed by atoms with Gasteiger partial charge in [0.2, 0.25) is 0 Å². The van der Waals surface area contributed by atoms with E-state index in [0.717, 1.165) is 0 Å². The van der Waals surface area contributed by atoms with Crippen LogP contribution in [0.3, 0.4) is 0 Å². The molecule has 2 heterocycles. The van der Waals surface area contributed by atoms with Crippen molar-refractivity contribution < 1.29 is 9.90 Å². The number of nitrogens with two attached hydrogens (primary N) is 1. The van der Waals surface area contributed by atoms with Gasteiger partial charge in [-0.1, -0.05) is 13.8 Å². The number of aromatic nitrogens is 4. The van der Waals surface area contributed by atoms with Crippen LogP contribution in [0.15, 0.2) is 6.33 Å². The van der Waals surface area contributed by atoms with Crippen molar-refractivity contribution in [2.75, 3.05) is 5.73 Å². The van der Waals surface area contributed by atoms with Crippen molar-refractivity contribution in [2.45, 2.75) is 33.1 Å². The van der Waals surface area contributed by atoms with Gasteiger partial charge in [0.1, 0.15) is 17.7 Å². The van der Waals surface area contributed by atoms with Gasteiger partial charge >= 0.3 is 5.97 Å². The number of H-pyrrole nitrogens is 1. The van der Waals surface area contributed by atoms with E-state index in [2.05, 4.69) is 19.9 Å². The van der Waals surface area contributed by atoms with E-state index in [1.807, 2.05) is 13.8 Å². The number of carboxylic acids is 1. The van der Waals surface area contributed by atoms with Gasteiger partial charge in [0.15, 0.2) is 11.5 Å². The number of rotatable bonds is 5. The summed E-state index contributed by atoms with van der Waals surface area (Å²) in [7, 11) is 0. The molecule has 4 N–H and O–H groups in total. The molecule has 0 saturated heterocycles. The van der Waals surface area contributed by atoms with Crippen molar-refractivity contribution in [1.82, 2.24) is 19.9 Å². The zero-order chi connectivity index (χ0) is 14.0. The lowest BCUT2D eigenvalue weighted by molar-refractivity contribution is -0.149.